The van der Waals surface area contributed by atoms with Gasteiger partial charge in [0.05, 0.1) is 6.61 Å². The van der Waals surface area contributed by atoms with Crippen molar-refractivity contribution in [3.63, 3.8) is 0 Å². The highest BCUT2D eigenvalue weighted by atomic mass is 35.5. The van der Waals surface area contributed by atoms with Crippen LogP contribution in [0.3, 0.4) is 0 Å². The zero-order valence-electron chi connectivity index (χ0n) is 14.1. The summed E-state index contributed by atoms with van der Waals surface area (Å²) < 4.78 is 10.8. The van der Waals surface area contributed by atoms with Gasteiger partial charge in [0, 0.05) is 10.6 Å². The molecule has 0 N–H and O–H groups in total. The molecule has 0 amide bonds. The second-order valence-electron chi connectivity index (χ2n) is 5.29. The van der Waals surface area contributed by atoms with Gasteiger partial charge in [-0.1, -0.05) is 41.9 Å². The Kier molecular flexibility index (Phi) is 6.78. The molecular weight excluding hydrogens is 340 g/mol. The van der Waals surface area contributed by atoms with Crippen molar-refractivity contribution in [3.05, 3.63) is 70.3 Å². The fourth-order valence-electron chi connectivity index (χ4n) is 2.14. The van der Waals surface area contributed by atoms with Crippen molar-refractivity contribution in [2.45, 2.75) is 20.5 Å². The van der Waals surface area contributed by atoms with Crippen LogP contribution in [0.4, 0.5) is 0 Å². The Balaban J connectivity index is 2.23. The molecular formula is C20H19ClO4. The molecule has 0 atom stereocenters. The molecule has 0 aromatic heterocycles. The number of halogens is 1. The van der Waals surface area contributed by atoms with E-state index in [1.807, 2.05) is 24.3 Å². The summed E-state index contributed by atoms with van der Waals surface area (Å²) in [6.45, 7) is 3.58. The number of rotatable bonds is 7. The lowest BCUT2D eigenvalue weighted by Gasteiger charge is -2.10. The standard InChI is InChI=1S/C20H19ClO4/c1-3-24-20(23)18(14(2)22)12-16-6-4-5-7-19(16)25-13-15-8-10-17(21)11-9-15/h4-12H,3,13H2,1-2H3/b18-12+. The van der Waals surface area contributed by atoms with E-state index in [0.29, 0.717) is 22.9 Å². The summed E-state index contributed by atoms with van der Waals surface area (Å²) in [6.07, 6.45) is 1.50. The Bertz CT molecular complexity index is 779. The van der Waals surface area contributed by atoms with Crippen molar-refractivity contribution in [2.75, 3.05) is 6.61 Å². The first kappa shape index (κ1) is 18.7. The molecule has 0 radical (unpaired) electrons. The third kappa shape index (κ3) is 5.47. The predicted octanol–water partition coefficient (Wildman–Crippen LogP) is 4.45. The second kappa shape index (κ2) is 9.04. The second-order valence-corrected chi connectivity index (χ2v) is 5.72. The Morgan fingerprint density at radius 1 is 1.08 bits per heavy atom. The number of hydrogen-bond acceptors (Lipinski definition) is 4. The summed E-state index contributed by atoms with van der Waals surface area (Å²) in [6, 6.07) is 14.5. The predicted molar refractivity (Wildman–Crippen MR) is 97.5 cm³/mol. The van der Waals surface area contributed by atoms with Gasteiger partial charge in [-0.15, -0.1) is 0 Å². The van der Waals surface area contributed by atoms with Crippen LogP contribution >= 0.6 is 11.6 Å². The molecule has 2 rings (SSSR count). The number of ether oxygens (including phenoxy) is 2. The summed E-state index contributed by atoms with van der Waals surface area (Å²) >= 11 is 5.87. The molecule has 130 valence electrons. The molecule has 0 spiro atoms. The SMILES string of the molecule is CCOC(=O)/C(=C/c1ccccc1OCc1ccc(Cl)cc1)C(C)=O. The van der Waals surface area contributed by atoms with E-state index in [0.717, 1.165) is 5.56 Å². The molecule has 2 aromatic rings. The first-order valence-electron chi connectivity index (χ1n) is 7.87. The third-order valence-corrected chi connectivity index (χ3v) is 3.65. The van der Waals surface area contributed by atoms with E-state index in [4.69, 9.17) is 21.1 Å². The summed E-state index contributed by atoms with van der Waals surface area (Å²) in [5, 5.41) is 0.660. The number of ketones is 1. The van der Waals surface area contributed by atoms with Gasteiger partial charge in [-0.3, -0.25) is 4.79 Å². The fourth-order valence-corrected chi connectivity index (χ4v) is 2.27. The average Bonchev–Trinajstić information content (AvgIpc) is 2.60. The first-order chi connectivity index (χ1) is 12.0. The molecule has 5 heteroatoms. The van der Waals surface area contributed by atoms with Gasteiger partial charge in [0.2, 0.25) is 0 Å². The van der Waals surface area contributed by atoms with E-state index in [1.54, 1.807) is 31.2 Å². The lowest BCUT2D eigenvalue weighted by molar-refractivity contribution is -0.139. The minimum Gasteiger partial charge on any atom is -0.488 e. The van der Waals surface area contributed by atoms with Gasteiger partial charge < -0.3 is 9.47 Å². The Morgan fingerprint density at radius 3 is 2.40 bits per heavy atom. The molecule has 25 heavy (non-hydrogen) atoms. The van der Waals surface area contributed by atoms with Gasteiger partial charge >= 0.3 is 5.97 Å². The van der Waals surface area contributed by atoms with E-state index in [1.165, 1.54) is 13.0 Å². The topological polar surface area (TPSA) is 52.6 Å². The number of carbonyl (C=O) groups is 2. The van der Waals surface area contributed by atoms with Crippen LogP contribution in [0.2, 0.25) is 5.02 Å². The number of Topliss-reactive ketones (excluding diaryl/α,β-unsaturated/α-hetero) is 1. The van der Waals surface area contributed by atoms with Gasteiger partial charge in [0.15, 0.2) is 5.78 Å². The largest absolute Gasteiger partial charge is 0.488 e. The number of esters is 1. The lowest BCUT2D eigenvalue weighted by atomic mass is 10.1. The van der Waals surface area contributed by atoms with Crippen LogP contribution in [-0.4, -0.2) is 18.4 Å². The maximum atomic E-state index is 11.9. The summed E-state index contributed by atoms with van der Waals surface area (Å²) in [5.41, 5.74) is 1.58. The third-order valence-electron chi connectivity index (χ3n) is 3.40. The number of benzene rings is 2. The van der Waals surface area contributed by atoms with Crippen LogP contribution in [0, 0.1) is 0 Å². The normalized spacial score (nSPS) is 11.1. The highest BCUT2D eigenvalue weighted by Gasteiger charge is 2.16. The van der Waals surface area contributed by atoms with Gasteiger partial charge in [-0.2, -0.15) is 0 Å². The van der Waals surface area contributed by atoms with Crippen LogP contribution in [0.25, 0.3) is 6.08 Å². The van der Waals surface area contributed by atoms with Gasteiger partial charge in [-0.25, -0.2) is 4.79 Å². The molecule has 0 fully saturated rings. The van der Waals surface area contributed by atoms with E-state index in [9.17, 15) is 9.59 Å². The average molecular weight is 359 g/mol. The van der Waals surface area contributed by atoms with E-state index in [-0.39, 0.29) is 18.0 Å². The minimum absolute atomic E-state index is 0.00982. The Hall–Kier alpha value is -2.59. The summed E-state index contributed by atoms with van der Waals surface area (Å²) in [7, 11) is 0. The maximum absolute atomic E-state index is 11.9. The van der Waals surface area contributed by atoms with Crippen LogP contribution in [0.5, 0.6) is 5.75 Å². The van der Waals surface area contributed by atoms with Crippen LogP contribution in [-0.2, 0) is 20.9 Å². The maximum Gasteiger partial charge on any atom is 0.341 e. The molecule has 0 heterocycles. The summed E-state index contributed by atoms with van der Waals surface area (Å²) in [4.78, 5) is 23.7. The number of hydrogen-bond donors (Lipinski definition) is 0. The van der Waals surface area contributed by atoms with Crippen molar-refractivity contribution in [2.24, 2.45) is 0 Å². The fraction of sp³-hybridized carbons (Fsp3) is 0.200. The van der Waals surface area contributed by atoms with Crippen molar-refractivity contribution in [1.82, 2.24) is 0 Å². The first-order valence-corrected chi connectivity index (χ1v) is 8.25. The van der Waals surface area contributed by atoms with E-state index >= 15 is 0 Å². The highest BCUT2D eigenvalue weighted by Crippen LogP contribution is 2.23. The zero-order valence-corrected chi connectivity index (χ0v) is 14.9. The monoisotopic (exact) mass is 358 g/mol. The zero-order chi connectivity index (χ0) is 18.2. The molecule has 0 saturated heterocycles. The molecule has 0 aliphatic heterocycles. The molecule has 0 saturated carbocycles. The minimum atomic E-state index is -0.637. The van der Waals surface area contributed by atoms with E-state index in [2.05, 4.69) is 0 Å². The number of carbonyl (C=O) groups excluding carboxylic acids is 2. The van der Waals surface area contributed by atoms with Crippen molar-refractivity contribution < 1.29 is 19.1 Å². The molecule has 2 aromatic carbocycles. The van der Waals surface area contributed by atoms with Crippen molar-refractivity contribution in [1.29, 1.82) is 0 Å². The highest BCUT2D eigenvalue weighted by molar-refractivity contribution is 6.30. The van der Waals surface area contributed by atoms with Crippen molar-refractivity contribution >= 4 is 29.4 Å². The molecule has 0 aliphatic rings. The van der Waals surface area contributed by atoms with Crippen LogP contribution in [0.15, 0.2) is 54.1 Å². The molecule has 0 unspecified atom stereocenters. The van der Waals surface area contributed by atoms with Gasteiger partial charge in [0.1, 0.15) is 17.9 Å². The Labute approximate surface area is 152 Å². The van der Waals surface area contributed by atoms with E-state index < -0.39 is 5.97 Å². The Morgan fingerprint density at radius 2 is 1.76 bits per heavy atom. The quantitative estimate of drug-likeness (QED) is 0.317. The lowest BCUT2D eigenvalue weighted by Crippen LogP contribution is -2.13. The summed E-state index contributed by atoms with van der Waals surface area (Å²) in [5.74, 6) is -0.422. The smallest absolute Gasteiger partial charge is 0.341 e. The van der Waals surface area contributed by atoms with Crippen LogP contribution in [0.1, 0.15) is 25.0 Å². The molecule has 4 nitrogen and oxygen atoms in total. The van der Waals surface area contributed by atoms with Gasteiger partial charge in [0.25, 0.3) is 0 Å². The molecule has 0 bridgehead atoms. The molecule has 0 aliphatic carbocycles. The number of para-hydroxylation sites is 1. The van der Waals surface area contributed by atoms with Gasteiger partial charge in [-0.05, 0) is 43.7 Å². The van der Waals surface area contributed by atoms with Crippen LogP contribution < -0.4 is 4.74 Å². The van der Waals surface area contributed by atoms with Crippen molar-refractivity contribution in [3.8, 4) is 5.75 Å².